The van der Waals surface area contributed by atoms with E-state index in [1.165, 1.54) is 0 Å². The van der Waals surface area contributed by atoms with Gasteiger partial charge in [0.2, 0.25) is 17.7 Å². The van der Waals surface area contributed by atoms with Crippen LogP contribution in [0.25, 0.3) is 0 Å². The smallest absolute Gasteiger partial charge is 0.245 e. The molecule has 1 spiro atoms. The number of hydrogen-bond acceptors (Lipinski definition) is 5. The van der Waals surface area contributed by atoms with Crippen molar-refractivity contribution in [1.29, 1.82) is 0 Å². The average Bonchev–Trinajstić information content (AvgIpc) is 3.34. The molecule has 2 unspecified atom stereocenters. The number of carbonyl (C=O) groups excluding carboxylic acids is 3. The summed E-state index contributed by atoms with van der Waals surface area (Å²) in [6.45, 7) is 7.36. The summed E-state index contributed by atoms with van der Waals surface area (Å²) in [6.07, 6.45) is 4.92. The molecule has 0 aromatic rings. The summed E-state index contributed by atoms with van der Waals surface area (Å²) in [5.74, 6) is -1.78. The van der Waals surface area contributed by atoms with E-state index in [0.29, 0.717) is 38.8 Å². The van der Waals surface area contributed by atoms with Crippen LogP contribution in [-0.2, 0) is 19.1 Å². The second-order valence-corrected chi connectivity index (χ2v) is 8.88. The molecule has 2 bridgehead atoms. The first-order valence-corrected chi connectivity index (χ1v) is 11.6. The van der Waals surface area contributed by atoms with Crippen LogP contribution < -0.4 is 10.6 Å². The molecule has 0 aromatic carbocycles. The van der Waals surface area contributed by atoms with Crippen LogP contribution in [0.3, 0.4) is 0 Å². The predicted molar refractivity (Wildman–Crippen MR) is 111 cm³/mol. The van der Waals surface area contributed by atoms with Gasteiger partial charge >= 0.3 is 0 Å². The number of likely N-dealkylation sites (tertiary alicyclic amines) is 1. The number of aliphatic hydroxyl groups is 1. The molecule has 0 aromatic heterocycles. The van der Waals surface area contributed by atoms with Crippen LogP contribution in [0, 0.1) is 11.8 Å². The number of amides is 3. The molecule has 0 saturated carbocycles. The molecule has 3 rings (SSSR count). The van der Waals surface area contributed by atoms with Crippen LogP contribution in [0.5, 0.6) is 0 Å². The number of aliphatic hydroxyl groups excluding tert-OH is 1. The normalized spacial score (nSPS) is 34.3. The SMILES string of the molecule is CCCCNC(=O)C1N(CCCO)C(=O)[C@@H]2[C@@H](C(=O)NCCC)[C@@]3(CC)CCC12O3. The standard InChI is InChI=1S/C22H37N3O5/c1-4-7-12-24-19(28)17-22-10-9-21(6-3,30-22)15(18(27)23-11-5-2)16(22)20(29)25(17)13-8-14-26/h15-17,26H,4-14H2,1-3H3,(H,23,27)(H,24,28)/t15-,16-,17?,21+,22?/m0/s1. The Hall–Kier alpha value is -1.67. The summed E-state index contributed by atoms with van der Waals surface area (Å²) in [4.78, 5) is 41.5. The Morgan fingerprint density at radius 2 is 1.83 bits per heavy atom. The third kappa shape index (κ3) is 3.51. The molecular weight excluding hydrogens is 386 g/mol. The average molecular weight is 424 g/mol. The van der Waals surface area contributed by atoms with Gasteiger partial charge in [0.05, 0.1) is 17.4 Å². The van der Waals surface area contributed by atoms with Gasteiger partial charge in [-0.1, -0.05) is 27.2 Å². The molecule has 3 fully saturated rings. The maximum Gasteiger partial charge on any atom is 0.245 e. The number of ether oxygens (including phenoxy) is 1. The molecule has 3 aliphatic rings. The highest BCUT2D eigenvalue weighted by Crippen LogP contribution is 2.64. The van der Waals surface area contributed by atoms with E-state index in [1.54, 1.807) is 4.90 Å². The largest absolute Gasteiger partial charge is 0.396 e. The van der Waals surface area contributed by atoms with Gasteiger partial charge in [-0.25, -0.2) is 0 Å². The Labute approximate surface area is 179 Å². The Kier molecular flexibility index (Phi) is 7.07. The number of nitrogens with zero attached hydrogens (tertiary/aromatic N) is 1. The summed E-state index contributed by atoms with van der Waals surface area (Å²) in [5, 5.41) is 15.3. The van der Waals surface area contributed by atoms with Gasteiger partial charge in [0.1, 0.15) is 11.6 Å². The van der Waals surface area contributed by atoms with E-state index in [1.807, 2.05) is 13.8 Å². The van der Waals surface area contributed by atoms with Gasteiger partial charge in [-0.15, -0.1) is 0 Å². The van der Waals surface area contributed by atoms with Crippen molar-refractivity contribution in [2.75, 3.05) is 26.2 Å². The van der Waals surface area contributed by atoms with E-state index in [0.717, 1.165) is 19.3 Å². The molecule has 30 heavy (non-hydrogen) atoms. The molecule has 3 heterocycles. The molecule has 3 aliphatic heterocycles. The summed E-state index contributed by atoms with van der Waals surface area (Å²) in [7, 11) is 0. The molecule has 3 saturated heterocycles. The fourth-order valence-electron chi connectivity index (χ4n) is 5.74. The molecule has 3 N–H and O–H groups in total. The van der Waals surface area contributed by atoms with Crippen molar-refractivity contribution in [3.63, 3.8) is 0 Å². The fourth-order valence-corrected chi connectivity index (χ4v) is 5.74. The molecule has 8 heteroatoms. The Bertz CT molecular complexity index is 671. The molecule has 5 atom stereocenters. The lowest BCUT2D eigenvalue weighted by molar-refractivity contribution is -0.147. The number of rotatable bonds is 11. The summed E-state index contributed by atoms with van der Waals surface area (Å²) in [6, 6.07) is -0.754. The topological polar surface area (TPSA) is 108 Å². The van der Waals surface area contributed by atoms with Crippen molar-refractivity contribution in [3.8, 4) is 0 Å². The monoisotopic (exact) mass is 423 g/mol. The maximum absolute atomic E-state index is 13.6. The van der Waals surface area contributed by atoms with Crippen molar-refractivity contribution in [2.45, 2.75) is 83.0 Å². The molecule has 0 radical (unpaired) electrons. The second-order valence-electron chi connectivity index (χ2n) is 8.88. The first-order valence-electron chi connectivity index (χ1n) is 11.6. The minimum absolute atomic E-state index is 0.0637. The van der Waals surface area contributed by atoms with Crippen molar-refractivity contribution in [2.24, 2.45) is 11.8 Å². The molecule has 8 nitrogen and oxygen atoms in total. The minimum Gasteiger partial charge on any atom is -0.396 e. The summed E-state index contributed by atoms with van der Waals surface area (Å²) >= 11 is 0. The zero-order valence-electron chi connectivity index (χ0n) is 18.5. The molecule has 0 aliphatic carbocycles. The molecule has 3 amide bonds. The highest BCUT2D eigenvalue weighted by Gasteiger charge is 2.78. The van der Waals surface area contributed by atoms with Gasteiger partial charge in [0.15, 0.2) is 0 Å². The first kappa shape index (κ1) is 23.0. The Morgan fingerprint density at radius 1 is 1.10 bits per heavy atom. The van der Waals surface area contributed by atoms with Gasteiger partial charge in [0, 0.05) is 26.2 Å². The van der Waals surface area contributed by atoms with Gasteiger partial charge in [-0.2, -0.15) is 0 Å². The molecular formula is C22H37N3O5. The number of nitrogens with one attached hydrogen (secondary N) is 2. The van der Waals surface area contributed by atoms with E-state index in [4.69, 9.17) is 4.74 Å². The fraction of sp³-hybridized carbons (Fsp3) is 0.864. The summed E-state index contributed by atoms with van der Waals surface area (Å²) < 4.78 is 6.61. The van der Waals surface area contributed by atoms with Crippen molar-refractivity contribution >= 4 is 17.7 Å². The molecule has 170 valence electrons. The van der Waals surface area contributed by atoms with Gasteiger partial charge in [0.25, 0.3) is 0 Å². The van der Waals surface area contributed by atoms with Crippen LogP contribution in [0.4, 0.5) is 0 Å². The van der Waals surface area contributed by atoms with E-state index in [2.05, 4.69) is 17.6 Å². The Morgan fingerprint density at radius 3 is 2.47 bits per heavy atom. The third-order valence-electron chi connectivity index (χ3n) is 7.15. The zero-order chi connectivity index (χ0) is 21.9. The quantitative estimate of drug-likeness (QED) is 0.429. The van der Waals surface area contributed by atoms with Crippen molar-refractivity contribution in [1.82, 2.24) is 15.5 Å². The van der Waals surface area contributed by atoms with E-state index in [9.17, 15) is 19.5 Å². The highest BCUT2D eigenvalue weighted by molar-refractivity contribution is 5.99. The first-order chi connectivity index (χ1) is 14.4. The highest BCUT2D eigenvalue weighted by atomic mass is 16.5. The summed E-state index contributed by atoms with van der Waals surface area (Å²) in [5.41, 5.74) is -1.66. The number of fused-ring (bicyclic) bond motifs is 1. The third-order valence-corrected chi connectivity index (χ3v) is 7.15. The van der Waals surface area contributed by atoms with Crippen LogP contribution in [0.15, 0.2) is 0 Å². The minimum atomic E-state index is -0.965. The lowest BCUT2D eigenvalue weighted by atomic mass is 9.65. The number of carbonyl (C=O) groups is 3. The van der Waals surface area contributed by atoms with Crippen LogP contribution >= 0.6 is 0 Å². The van der Waals surface area contributed by atoms with Gasteiger partial charge in [-0.05, 0) is 38.5 Å². The van der Waals surface area contributed by atoms with Gasteiger partial charge in [-0.3, -0.25) is 14.4 Å². The lowest BCUT2D eigenvalue weighted by Gasteiger charge is -2.34. The Balaban J connectivity index is 1.96. The van der Waals surface area contributed by atoms with Crippen LogP contribution in [0.2, 0.25) is 0 Å². The predicted octanol–water partition coefficient (Wildman–Crippen LogP) is 0.966. The van der Waals surface area contributed by atoms with Crippen molar-refractivity contribution in [3.05, 3.63) is 0 Å². The van der Waals surface area contributed by atoms with Crippen LogP contribution in [-0.4, -0.2) is 71.2 Å². The van der Waals surface area contributed by atoms with E-state index in [-0.39, 0.29) is 30.9 Å². The van der Waals surface area contributed by atoms with Gasteiger partial charge < -0.3 is 25.4 Å². The van der Waals surface area contributed by atoms with Crippen molar-refractivity contribution < 1.29 is 24.2 Å². The number of unbranched alkanes of at least 4 members (excludes halogenated alkanes) is 1. The maximum atomic E-state index is 13.6. The lowest BCUT2D eigenvalue weighted by Crippen LogP contribution is -2.55. The van der Waals surface area contributed by atoms with Crippen LogP contribution in [0.1, 0.15) is 65.7 Å². The van der Waals surface area contributed by atoms with E-state index >= 15 is 0 Å². The second kappa shape index (κ2) is 9.22. The number of hydrogen-bond donors (Lipinski definition) is 3. The zero-order valence-corrected chi connectivity index (χ0v) is 18.5. The van der Waals surface area contributed by atoms with E-state index < -0.39 is 29.1 Å².